The summed E-state index contributed by atoms with van der Waals surface area (Å²) in [6.07, 6.45) is 7.00. The number of aliphatic hydroxyl groups excluding tert-OH is 2. The molecule has 0 aromatic carbocycles. The van der Waals surface area contributed by atoms with Gasteiger partial charge < -0.3 is 10.2 Å². The van der Waals surface area contributed by atoms with Crippen LogP contribution in [0.1, 0.15) is 85.5 Å². The average molecular weight is 409 g/mol. The molecule has 2 unspecified atom stereocenters. The minimum Gasteiger partial charge on any atom is -0.393 e. The van der Waals surface area contributed by atoms with Crippen LogP contribution in [0.4, 0.5) is 0 Å². The monoisotopic (exact) mass is 408 g/mol. The van der Waals surface area contributed by atoms with Crippen LogP contribution in [0, 0.1) is 33.7 Å². The van der Waals surface area contributed by atoms with E-state index in [0.717, 1.165) is 0 Å². The molecule has 0 aromatic heterocycles. The zero-order valence-corrected chi connectivity index (χ0v) is 18.1. The van der Waals surface area contributed by atoms with E-state index in [1.165, 1.54) is 0 Å². The number of carbonyl (C=O) groups excluding carboxylic acids is 2. The molecule has 0 saturated heterocycles. The molecule has 2 amide bonds. The predicted molar refractivity (Wildman–Crippen MR) is 109 cm³/mol. The van der Waals surface area contributed by atoms with E-state index >= 15 is 0 Å². The molecule has 29 heavy (non-hydrogen) atoms. The largest absolute Gasteiger partial charge is 0.393 e. The SMILES string of the molecule is CC(C)(CCC(O)CCCC(O)CCC(C)(C)CC(=O)NC#N)CC(=O)NC#N. The van der Waals surface area contributed by atoms with Gasteiger partial charge in [0.15, 0.2) is 12.4 Å². The summed E-state index contributed by atoms with van der Waals surface area (Å²) >= 11 is 0. The van der Waals surface area contributed by atoms with Crippen molar-refractivity contribution in [3.63, 3.8) is 0 Å². The van der Waals surface area contributed by atoms with Crippen LogP contribution < -0.4 is 10.6 Å². The number of rotatable bonds is 14. The van der Waals surface area contributed by atoms with Crippen molar-refractivity contribution >= 4 is 11.8 Å². The highest BCUT2D eigenvalue weighted by atomic mass is 16.3. The lowest BCUT2D eigenvalue weighted by Crippen LogP contribution is -2.26. The number of hydrogen-bond acceptors (Lipinski definition) is 6. The maximum Gasteiger partial charge on any atom is 0.233 e. The van der Waals surface area contributed by atoms with Crippen molar-refractivity contribution in [2.75, 3.05) is 0 Å². The van der Waals surface area contributed by atoms with Gasteiger partial charge in [0.25, 0.3) is 0 Å². The zero-order chi connectivity index (χ0) is 22.5. The van der Waals surface area contributed by atoms with Gasteiger partial charge in [-0.05, 0) is 55.8 Å². The summed E-state index contributed by atoms with van der Waals surface area (Å²) in [6, 6.07) is 0. The quantitative estimate of drug-likeness (QED) is 0.256. The van der Waals surface area contributed by atoms with Crippen LogP contribution in [0.3, 0.4) is 0 Å². The van der Waals surface area contributed by atoms with E-state index in [1.54, 1.807) is 12.4 Å². The third kappa shape index (κ3) is 14.5. The van der Waals surface area contributed by atoms with Crippen molar-refractivity contribution in [3.8, 4) is 12.4 Å². The summed E-state index contributed by atoms with van der Waals surface area (Å²) in [6.45, 7) is 7.72. The molecular weight excluding hydrogens is 372 g/mol. The van der Waals surface area contributed by atoms with Crippen LogP contribution in [0.25, 0.3) is 0 Å². The Labute approximate surface area is 174 Å². The standard InChI is InChI=1S/C21H36N4O4/c1-20(2,12-18(28)24-14-22)10-8-16(26)6-5-7-17(27)9-11-21(3,4)13-19(29)25-15-23/h16-17,26-27H,5-13H2,1-4H3,(H,24,28)(H,25,29). The topological polar surface area (TPSA) is 146 Å². The smallest absolute Gasteiger partial charge is 0.233 e. The van der Waals surface area contributed by atoms with Crippen LogP contribution in [0.15, 0.2) is 0 Å². The highest BCUT2D eigenvalue weighted by Gasteiger charge is 2.24. The Balaban J connectivity index is 4.08. The van der Waals surface area contributed by atoms with E-state index in [-0.39, 0.29) is 35.5 Å². The van der Waals surface area contributed by atoms with Gasteiger partial charge in [0.1, 0.15) is 0 Å². The van der Waals surface area contributed by atoms with E-state index in [1.807, 2.05) is 27.7 Å². The van der Waals surface area contributed by atoms with Crippen molar-refractivity contribution in [2.24, 2.45) is 10.8 Å². The van der Waals surface area contributed by atoms with Crippen LogP contribution in [-0.4, -0.2) is 34.2 Å². The first-order valence-corrected chi connectivity index (χ1v) is 10.1. The zero-order valence-electron chi connectivity index (χ0n) is 18.1. The third-order valence-corrected chi connectivity index (χ3v) is 5.05. The second-order valence-corrected chi connectivity index (χ2v) is 9.32. The molecule has 0 bridgehead atoms. The number of nitrogens with one attached hydrogen (secondary N) is 2. The predicted octanol–water partition coefficient (Wildman–Crippen LogP) is 2.47. The van der Waals surface area contributed by atoms with Crippen LogP contribution in [-0.2, 0) is 9.59 Å². The van der Waals surface area contributed by atoms with Gasteiger partial charge in [0, 0.05) is 12.8 Å². The molecule has 164 valence electrons. The maximum absolute atomic E-state index is 11.5. The first-order valence-electron chi connectivity index (χ1n) is 10.1. The molecule has 0 heterocycles. The molecular formula is C21H36N4O4. The molecule has 0 aromatic rings. The molecule has 0 saturated carbocycles. The Morgan fingerprint density at radius 3 is 1.45 bits per heavy atom. The molecule has 0 aliphatic rings. The van der Waals surface area contributed by atoms with Crippen molar-refractivity contribution in [1.29, 1.82) is 10.5 Å². The molecule has 0 fully saturated rings. The van der Waals surface area contributed by atoms with E-state index in [0.29, 0.717) is 44.9 Å². The molecule has 4 N–H and O–H groups in total. The Morgan fingerprint density at radius 1 is 0.793 bits per heavy atom. The van der Waals surface area contributed by atoms with E-state index in [9.17, 15) is 19.8 Å². The Morgan fingerprint density at radius 2 is 1.14 bits per heavy atom. The highest BCUT2D eigenvalue weighted by molar-refractivity contribution is 5.78. The fraction of sp³-hybridized carbons (Fsp3) is 0.810. The first-order chi connectivity index (χ1) is 13.4. The van der Waals surface area contributed by atoms with Gasteiger partial charge >= 0.3 is 0 Å². The van der Waals surface area contributed by atoms with Gasteiger partial charge in [-0.25, -0.2) is 0 Å². The fourth-order valence-corrected chi connectivity index (χ4v) is 3.25. The number of carbonyl (C=O) groups is 2. The van der Waals surface area contributed by atoms with Gasteiger partial charge in [-0.2, -0.15) is 10.5 Å². The summed E-state index contributed by atoms with van der Waals surface area (Å²) in [5.74, 6) is -0.633. The molecule has 0 aliphatic heterocycles. The number of nitrogens with zero attached hydrogens (tertiary/aromatic N) is 2. The van der Waals surface area contributed by atoms with Crippen LogP contribution >= 0.6 is 0 Å². The summed E-state index contributed by atoms with van der Waals surface area (Å²) in [7, 11) is 0. The number of hydrogen-bond donors (Lipinski definition) is 4. The Kier molecular flexibility index (Phi) is 12.2. The number of nitriles is 2. The van der Waals surface area contributed by atoms with E-state index < -0.39 is 12.2 Å². The van der Waals surface area contributed by atoms with Gasteiger partial charge in [0.2, 0.25) is 11.8 Å². The second-order valence-electron chi connectivity index (χ2n) is 9.32. The van der Waals surface area contributed by atoms with Gasteiger partial charge in [-0.3, -0.25) is 20.2 Å². The molecule has 8 nitrogen and oxygen atoms in total. The maximum atomic E-state index is 11.5. The summed E-state index contributed by atoms with van der Waals surface area (Å²) in [5, 5.41) is 41.5. The van der Waals surface area contributed by atoms with E-state index in [4.69, 9.17) is 10.5 Å². The van der Waals surface area contributed by atoms with Crippen LogP contribution in [0.2, 0.25) is 0 Å². The lowest BCUT2D eigenvalue weighted by molar-refractivity contribution is -0.122. The van der Waals surface area contributed by atoms with Crippen molar-refractivity contribution in [3.05, 3.63) is 0 Å². The lowest BCUT2D eigenvalue weighted by atomic mass is 9.82. The first kappa shape index (κ1) is 26.8. The summed E-state index contributed by atoms with van der Waals surface area (Å²) in [4.78, 5) is 23.0. The highest BCUT2D eigenvalue weighted by Crippen LogP contribution is 2.29. The molecule has 0 radical (unpaired) electrons. The summed E-state index contributed by atoms with van der Waals surface area (Å²) < 4.78 is 0. The lowest BCUT2D eigenvalue weighted by Gasteiger charge is -2.25. The van der Waals surface area contributed by atoms with Crippen molar-refractivity contribution in [1.82, 2.24) is 10.6 Å². The average Bonchev–Trinajstić information content (AvgIpc) is 2.58. The van der Waals surface area contributed by atoms with Crippen molar-refractivity contribution < 1.29 is 19.8 Å². The minimum atomic E-state index is -0.494. The molecule has 0 aliphatic carbocycles. The van der Waals surface area contributed by atoms with Gasteiger partial charge in [-0.1, -0.05) is 27.7 Å². The fourth-order valence-electron chi connectivity index (χ4n) is 3.25. The Bertz CT molecular complexity index is 553. The van der Waals surface area contributed by atoms with E-state index in [2.05, 4.69) is 10.6 Å². The molecule has 8 heteroatoms. The molecule has 0 rings (SSSR count). The van der Waals surface area contributed by atoms with Crippen LogP contribution in [0.5, 0.6) is 0 Å². The second kappa shape index (κ2) is 13.1. The minimum absolute atomic E-state index is 0.230. The van der Waals surface area contributed by atoms with Gasteiger partial charge in [0.05, 0.1) is 12.2 Å². The molecule has 2 atom stereocenters. The third-order valence-electron chi connectivity index (χ3n) is 5.05. The van der Waals surface area contributed by atoms with Gasteiger partial charge in [-0.15, -0.1) is 0 Å². The number of amides is 2. The Hall–Kier alpha value is -2.16. The summed E-state index contributed by atoms with van der Waals surface area (Å²) in [5.41, 5.74) is -0.601. The molecule has 0 spiro atoms. The number of aliphatic hydroxyl groups is 2. The van der Waals surface area contributed by atoms with Crippen molar-refractivity contribution in [2.45, 2.75) is 97.7 Å². The normalized spacial score (nSPS) is 13.7.